The molecule has 0 unspecified atom stereocenters. The van der Waals surface area contributed by atoms with E-state index in [0.717, 1.165) is 0 Å². The Morgan fingerprint density at radius 3 is 0.952 bits per heavy atom. The van der Waals surface area contributed by atoms with Gasteiger partial charge in [0.05, 0.1) is 0 Å². The fourth-order valence-corrected chi connectivity index (χ4v) is 3.23. The average Bonchev–Trinajstić information content (AvgIpc) is 3.08. The topological polar surface area (TPSA) is 0 Å². The Morgan fingerprint density at radius 2 is 0.714 bits per heavy atom. The second-order valence-electron chi connectivity index (χ2n) is 5.57. The molecular formula is C20H28Ti+2. The van der Waals surface area contributed by atoms with Gasteiger partial charge in [0.2, 0.25) is 0 Å². The molecule has 4 saturated carbocycles. The molecule has 0 aromatic heterocycles. The van der Waals surface area contributed by atoms with Gasteiger partial charge in [0.1, 0.15) is 0 Å². The first-order chi connectivity index (χ1) is 8.93. The third kappa shape index (κ3) is 6.02. The predicted molar refractivity (Wildman–Crippen MR) is 88.5 cm³/mol. The fraction of sp³-hybridized carbons (Fsp3) is 0.400. The molecule has 0 aliphatic heterocycles. The largest absolute Gasteiger partial charge is 4.00 e. The molecule has 0 saturated heterocycles. The standard InChI is InChI=1S/2C9H11.2CH3.Ti/c2*1-2-5-9-7-3-6-8(9)4-1;;;/h2*3,6-7H,1-2,4-5H2;2*1H3;/q;;2*-1;+4. The van der Waals surface area contributed by atoms with Gasteiger partial charge >= 0.3 is 21.7 Å². The van der Waals surface area contributed by atoms with Crippen molar-refractivity contribution >= 4 is 0 Å². The Hall–Kier alpha value is 0.714. The van der Waals surface area contributed by atoms with Crippen molar-refractivity contribution in [2.75, 3.05) is 0 Å². The van der Waals surface area contributed by atoms with Crippen molar-refractivity contribution in [2.24, 2.45) is 0 Å². The molecular weight excluding hydrogens is 288 g/mol. The zero-order chi connectivity index (χ0) is 12.2. The molecule has 0 spiro atoms. The van der Waals surface area contributed by atoms with E-state index in [1.165, 1.54) is 51.4 Å². The SMILES string of the molecule is [CH3-].[CH3-].[CH]1[CH][C]2CCCC[C]2[CH]1.[CH]1[CH][C]2CCCC[C]2[CH]1.[Ti+4]. The Balaban J connectivity index is 0.000000333. The Morgan fingerprint density at radius 1 is 0.476 bits per heavy atom. The second-order valence-corrected chi connectivity index (χ2v) is 5.57. The summed E-state index contributed by atoms with van der Waals surface area (Å²) >= 11 is 0. The third-order valence-corrected chi connectivity index (χ3v) is 4.30. The van der Waals surface area contributed by atoms with Crippen molar-refractivity contribution in [2.45, 2.75) is 51.4 Å². The van der Waals surface area contributed by atoms with E-state index in [0.29, 0.717) is 0 Å². The molecule has 0 atom stereocenters. The fourth-order valence-electron chi connectivity index (χ4n) is 3.23. The monoisotopic (exact) mass is 316 g/mol. The smallest absolute Gasteiger partial charge is 0.358 e. The number of hydrogen-bond acceptors (Lipinski definition) is 0. The van der Waals surface area contributed by atoms with Gasteiger partial charge in [0.25, 0.3) is 0 Å². The summed E-state index contributed by atoms with van der Waals surface area (Å²) in [5.74, 6) is 6.39. The van der Waals surface area contributed by atoms with E-state index in [-0.39, 0.29) is 36.6 Å². The molecule has 21 heavy (non-hydrogen) atoms. The van der Waals surface area contributed by atoms with E-state index in [1.807, 2.05) is 0 Å². The van der Waals surface area contributed by atoms with Crippen molar-refractivity contribution in [3.8, 4) is 0 Å². The normalized spacial score (nSPS) is 26.3. The zero-order valence-corrected chi connectivity index (χ0v) is 15.2. The molecule has 0 amide bonds. The molecule has 4 aliphatic rings. The Bertz CT molecular complexity index is 200. The van der Waals surface area contributed by atoms with Gasteiger partial charge in [-0.05, 0) is 87.9 Å². The summed E-state index contributed by atoms with van der Waals surface area (Å²) in [5.41, 5.74) is 0. The van der Waals surface area contributed by atoms with Crippen molar-refractivity contribution in [3.63, 3.8) is 0 Å². The molecule has 1 heteroatoms. The molecule has 0 nitrogen and oxygen atoms in total. The van der Waals surface area contributed by atoms with Crippen molar-refractivity contribution in [3.05, 3.63) is 77.0 Å². The van der Waals surface area contributed by atoms with Gasteiger partial charge < -0.3 is 14.9 Å². The van der Waals surface area contributed by atoms with Crippen LogP contribution in [-0.2, 0) is 21.7 Å². The first-order valence-electron chi connectivity index (χ1n) is 7.40. The summed E-state index contributed by atoms with van der Waals surface area (Å²) in [6.07, 6.45) is 24.3. The summed E-state index contributed by atoms with van der Waals surface area (Å²) in [6, 6.07) is 0. The zero-order valence-electron chi connectivity index (χ0n) is 13.6. The predicted octanol–water partition coefficient (Wildman–Crippen LogP) is 5.57. The van der Waals surface area contributed by atoms with Crippen LogP contribution in [0.1, 0.15) is 51.4 Å². The Labute approximate surface area is 150 Å². The van der Waals surface area contributed by atoms with Gasteiger partial charge in [0.15, 0.2) is 0 Å². The van der Waals surface area contributed by atoms with E-state index >= 15 is 0 Å². The van der Waals surface area contributed by atoms with Crippen LogP contribution >= 0.6 is 0 Å². The molecule has 4 rings (SSSR count). The minimum absolute atomic E-state index is 0. The number of rotatable bonds is 0. The molecule has 0 aromatic carbocycles. The first kappa shape index (κ1) is 21.7. The Kier molecular flexibility index (Phi) is 11.7. The summed E-state index contributed by atoms with van der Waals surface area (Å²) in [5, 5.41) is 0. The average molecular weight is 316 g/mol. The minimum Gasteiger partial charge on any atom is -0.358 e. The van der Waals surface area contributed by atoms with E-state index in [2.05, 4.69) is 38.5 Å². The number of hydrogen-bond donors (Lipinski definition) is 0. The summed E-state index contributed by atoms with van der Waals surface area (Å²) in [4.78, 5) is 0. The molecule has 0 N–H and O–H groups in total. The van der Waals surface area contributed by atoms with Gasteiger partial charge in [-0.3, -0.25) is 0 Å². The van der Waals surface area contributed by atoms with Crippen LogP contribution < -0.4 is 0 Å². The molecule has 0 aromatic rings. The summed E-state index contributed by atoms with van der Waals surface area (Å²) in [7, 11) is 0. The van der Waals surface area contributed by atoms with Gasteiger partial charge in [-0.15, -0.1) is 0 Å². The third-order valence-electron chi connectivity index (χ3n) is 4.30. The molecule has 4 fully saturated rings. The van der Waals surface area contributed by atoms with Gasteiger partial charge in [-0.2, -0.15) is 0 Å². The van der Waals surface area contributed by atoms with Gasteiger partial charge in [-0.1, -0.05) is 25.7 Å². The van der Waals surface area contributed by atoms with Crippen molar-refractivity contribution in [1.29, 1.82) is 0 Å². The van der Waals surface area contributed by atoms with E-state index < -0.39 is 0 Å². The van der Waals surface area contributed by atoms with E-state index in [1.54, 1.807) is 23.7 Å². The quantitative estimate of drug-likeness (QED) is 0.405. The minimum atomic E-state index is 0. The summed E-state index contributed by atoms with van der Waals surface area (Å²) < 4.78 is 0. The first-order valence-corrected chi connectivity index (χ1v) is 7.40. The van der Waals surface area contributed by atoms with Crippen LogP contribution in [0.5, 0.6) is 0 Å². The van der Waals surface area contributed by atoms with Crippen LogP contribution in [0, 0.1) is 77.0 Å². The van der Waals surface area contributed by atoms with Gasteiger partial charge in [0, 0.05) is 0 Å². The maximum atomic E-state index is 2.26. The maximum Gasteiger partial charge on any atom is 4.00 e. The number of fused-ring (bicyclic) bond motifs is 2. The summed E-state index contributed by atoms with van der Waals surface area (Å²) in [6.45, 7) is 0. The van der Waals surface area contributed by atoms with Crippen LogP contribution in [0.15, 0.2) is 0 Å². The van der Waals surface area contributed by atoms with Crippen LogP contribution in [0.25, 0.3) is 0 Å². The van der Waals surface area contributed by atoms with Crippen molar-refractivity contribution < 1.29 is 21.7 Å². The van der Waals surface area contributed by atoms with Crippen LogP contribution in [0.3, 0.4) is 0 Å². The second kappa shape index (κ2) is 11.3. The van der Waals surface area contributed by atoms with E-state index in [4.69, 9.17) is 0 Å². The maximum absolute atomic E-state index is 2.26. The van der Waals surface area contributed by atoms with Crippen molar-refractivity contribution in [1.82, 2.24) is 0 Å². The van der Waals surface area contributed by atoms with Crippen LogP contribution in [0.4, 0.5) is 0 Å². The molecule has 10 radical (unpaired) electrons. The molecule has 0 bridgehead atoms. The molecule has 0 heterocycles. The van der Waals surface area contributed by atoms with Gasteiger partial charge in [-0.25, -0.2) is 0 Å². The van der Waals surface area contributed by atoms with Crippen LogP contribution in [0.2, 0.25) is 0 Å². The van der Waals surface area contributed by atoms with Crippen LogP contribution in [-0.4, -0.2) is 0 Å². The van der Waals surface area contributed by atoms with E-state index in [9.17, 15) is 0 Å². The molecule has 4 aliphatic carbocycles. The molecule has 110 valence electrons.